The molecule has 1 fully saturated rings. The van der Waals surface area contributed by atoms with Crippen LogP contribution in [0.3, 0.4) is 0 Å². The average molecular weight is 602 g/mol. The van der Waals surface area contributed by atoms with Gasteiger partial charge in [0.1, 0.15) is 6.23 Å². The van der Waals surface area contributed by atoms with Gasteiger partial charge in [-0.1, -0.05) is 54.6 Å². The number of imidazole rings is 1. The van der Waals surface area contributed by atoms with E-state index in [4.69, 9.17) is 27.5 Å². The number of aromatic nitrogens is 4. The number of fused-ring (bicyclic) bond motifs is 2. The number of aliphatic carboxylic acids is 2. The van der Waals surface area contributed by atoms with Gasteiger partial charge in [-0.3, -0.25) is 4.57 Å². The molecule has 0 saturated carbocycles. The lowest BCUT2D eigenvalue weighted by atomic mass is 9.94. The molecule has 0 radical (unpaired) electrons. The molecule has 0 spiro atoms. The van der Waals surface area contributed by atoms with Crippen molar-refractivity contribution < 1.29 is 29.3 Å². The van der Waals surface area contributed by atoms with E-state index in [0.29, 0.717) is 29.0 Å². The second-order valence-corrected chi connectivity index (χ2v) is 11.0. The fourth-order valence-corrected chi connectivity index (χ4v) is 5.99. The zero-order valence-corrected chi connectivity index (χ0v) is 23.6. The lowest BCUT2D eigenvalue weighted by molar-refractivity contribution is -0.188. The molecule has 3 heterocycles. The number of nitrogens with one attached hydrogen (secondary N) is 1. The molecule has 2 aromatic carbocycles. The molecule has 4 aromatic rings. The first-order valence-corrected chi connectivity index (χ1v) is 14.2. The third-order valence-electron chi connectivity index (χ3n) is 8.08. The number of carboxylic acid groups (broad SMARTS) is 2. The number of carbonyl (C=O) groups is 2. The first-order valence-electron chi connectivity index (χ1n) is 13.8. The highest BCUT2D eigenvalue weighted by Crippen LogP contribution is 2.38. The standard InChI is InChI=1S/C31H28ClN5O6/c1-2-19-14-24(43-23(19)16-42-31(28(38)39,29(40)41)15-18-8-4-3-5-9-18)37-17-33-25-26(35-30(32)36-27(25)37)34-22-13-12-20-10-6-7-11-21(20)22/h1,3-11,17,19,22-24H,12-16H2,(H,38,39)(H,40,41)(H,34,35,36). The molecule has 1 aliphatic carbocycles. The van der Waals surface area contributed by atoms with Crippen molar-refractivity contribution in [2.24, 2.45) is 5.92 Å². The Morgan fingerprint density at radius 3 is 2.63 bits per heavy atom. The van der Waals surface area contributed by atoms with Gasteiger partial charge < -0.3 is 25.0 Å². The number of hydrogen-bond acceptors (Lipinski definition) is 8. The van der Waals surface area contributed by atoms with Crippen LogP contribution in [-0.4, -0.2) is 60.0 Å². The highest BCUT2D eigenvalue weighted by Gasteiger charge is 2.50. The number of ether oxygens (including phenoxy) is 2. The van der Waals surface area contributed by atoms with Crippen molar-refractivity contribution in [1.82, 2.24) is 19.5 Å². The van der Waals surface area contributed by atoms with Gasteiger partial charge in [0, 0.05) is 12.8 Å². The second kappa shape index (κ2) is 11.6. The van der Waals surface area contributed by atoms with E-state index < -0.39 is 35.8 Å². The van der Waals surface area contributed by atoms with E-state index in [-0.39, 0.29) is 24.4 Å². The molecule has 2 aromatic heterocycles. The van der Waals surface area contributed by atoms with Gasteiger partial charge >= 0.3 is 11.9 Å². The summed E-state index contributed by atoms with van der Waals surface area (Å²) in [6.45, 7) is -0.354. The van der Waals surface area contributed by atoms with Crippen LogP contribution in [0.25, 0.3) is 11.2 Å². The number of anilines is 1. The third-order valence-corrected chi connectivity index (χ3v) is 8.25. The highest BCUT2D eigenvalue weighted by molar-refractivity contribution is 6.28. The van der Waals surface area contributed by atoms with E-state index in [1.165, 1.54) is 11.1 Å². The maximum atomic E-state index is 12.2. The minimum Gasteiger partial charge on any atom is -0.479 e. The first-order chi connectivity index (χ1) is 20.8. The van der Waals surface area contributed by atoms with E-state index in [1.807, 2.05) is 12.1 Å². The molecule has 6 rings (SSSR count). The monoisotopic (exact) mass is 601 g/mol. The quantitative estimate of drug-likeness (QED) is 0.137. The number of terminal acetylenes is 1. The van der Waals surface area contributed by atoms with E-state index in [1.54, 1.807) is 41.2 Å². The topological polar surface area (TPSA) is 149 Å². The van der Waals surface area contributed by atoms with Gasteiger partial charge in [-0.15, -0.1) is 12.3 Å². The van der Waals surface area contributed by atoms with E-state index in [2.05, 4.69) is 38.3 Å². The molecule has 43 heavy (non-hydrogen) atoms. The van der Waals surface area contributed by atoms with Crippen molar-refractivity contribution in [2.75, 3.05) is 11.9 Å². The average Bonchev–Trinajstić information content (AvgIpc) is 3.72. The number of aryl methyl sites for hydroxylation is 1. The van der Waals surface area contributed by atoms with Crippen LogP contribution in [-0.2, 0) is 31.9 Å². The van der Waals surface area contributed by atoms with Crippen molar-refractivity contribution in [1.29, 1.82) is 0 Å². The van der Waals surface area contributed by atoms with Crippen LogP contribution in [0.4, 0.5) is 5.82 Å². The van der Waals surface area contributed by atoms with Gasteiger partial charge in [0.15, 0.2) is 17.0 Å². The summed E-state index contributed by atoms with van der Waals surface area (Å²) >= 11 is 6.35. The third kappa shape index (κ3) is 5.41. The summed E-state index contributed by atoms with van der Waals surface area (Å²) in [6, 6.07) is 16.7. The van der Waals surface area contributed by atoms with Crippen LogP contribution in [0.5, 0.6) is 0 Å². The number of carboxylic acids is 2. The van der Waals surface area contributed by atoms with Gasteiger partial charge in [-0.25, -0.2) is 14.6 Å². The summed E-state index contributed by atoms with van der Waals surface area (Å²) in [5.41, 5.74) is 1.41. The van der Waals surface area contributed by atoms with E-state index in [0.717, 1.165) is 12.8 Å². The molecular weight excluding hydrogens is 574 g/mol. The fourth-order valence-electron chi connectivity index (χ4n) is 5.83. The van der Waals surface area contributed by atoms with Gasteiger partial charge in [-0.05, 0) is 41.1 Å². The maximum Gasteiger partial charge on any atom is 0.348 e. The van der Waals surface area contributed by atoms with Crippen LogP contribution in [0.1, 0.15) is 41.8 Å². The molecule has 2 aliphatic rings. The molecule has 11 nitrogen and oxygen atoms in total. The number of nitrogens with zero attached hydrogens (tertiary/aromatic N) is 4. The van der Waals surface area contributed by atoms with Gasteiger partial charge in [0.05, 0.1) is 31.0 Å². The summed E-state index contributed by atoms with van der Waals surface area (Å²) in [6.07, 6.45) is 7.77. The van der Waals surface area contributed by atoms with Crippen LogP contribution < -0.4 is 5.32 Å². The summed E-state index contributed by atoms with van der Waals surface area (Å²) in [5, 5.41) is 23.4. The highest BCUT2D eigenvalue weighted by atomic mass is 35.5. The maximum absolute atomic E-state index is 12.2. The first kappa shape index (κ1) is 28.6. The Morgan fingerprint density at radius 1 is 1.14 bits per heavy atom. The van der Waals surface area contributed by atoms with Gasteiger partial charge in [0.25, 0.3) is 5.60 Å². The van der Waals surface area contributed by atoms with Crippen LogP contribution in [0.2, 0.25) is 5.28 Å². The number of rotatable bonds is 10. The predicted molar refractivity (Wildman–Crippen MR) is 156 cm³/mol. The summed E-state index contributed by atoms with van der Waals surface area (Å²) in [5.74, 6) is -0.562. The minimum absolute atomic E-state index is 0.0306. The molecular formula is C31H28ClN5O6. The number of benzene rings is 2. The van der Waals surface area contributed by atoms with Gasteiger partial charge in [0.2, 0.25) is 5.28 Å². The predicted octanol–water partition coefficient (Wildman–Crippen LogP) is 4.28. The largest absolute Gasteiger partial charge is 0.479 e. The summed E-state index contributed by atoms with van der Waals surface area (Å²) < 4.78 is 13.6. The number of halogens is 1. The zero-order valence-electron chi connectivity index (χ0n) is 22.9. The molecule has 3 N–H and O–H groups in total. The molecule has 1 saturated heterocycles. The van der Waals surface area contributed by atoms with Crippen molar-refractivity contribution >= 4 is 40.5 Å². The molecule has 0 amide bonds. The molecule has 4 unspecified atom stereocenters. The molecule has 220 valence electrons. The van der Waals surface area contributed by atoms with Crippen molar-refractivity contribution in [3.05, 3.63) is 82.9 Å². The minimum atomic E-state index is -2.52. The van der Waals surface area contributed by atoms with Crippen LogP contribution in [0.15, 0.2) is 60.9 Å². The van der Waals surface area contributed by atoms with Crippen LogP contribution in [0, 0.1) is 18.3 Å². The summed E-state index contributed by atoms with van der Waals surface area (Å²) in [7, 11) is 0. The fraction of sp³-hybridized carbons (Fsp3) is 0.323. The Labute approximate surface area is 251 Å². The second-order valence-electron chi connectivity index (χ2n) is 10.6. The Kier molecular flexibility index (Phi) is 7.75. The van der Waals surface area contributed by atoms with Crippen LogP contribution >= 0.6 is 11.6 Å². The Morgan fingerprint density at radius 2 is 1.88 bits per heavy atom. The molecule has 1 aliphatic heterocycles. The normalized spacial score (nSPS) is 21.4. The molecule has 0 bridgehead atoms. The Bertz CT molecular complexity index is 1710. The van der Waals surface area contributed by atoms with Crippen molar-refractivity contribution in [2.45, 2.75) is 49.7 Å². The Balaban J connectivity index is 1.23. The summed E-state index contributed by atoms with van der Waals surface area (Å²) in [4.78, 5) is 37.9. The lowest BCUT2D eigenvalue weighted by Crippen LogP contribution is -2.52. The molecule has 12 heteroatoms. The lowest BCUT2D eigenvalue weighted by Gasteiger charge is -2.27. The van der Waals surface area contributed by atoms with E-state index >= 15 is 0 Å². The SMILES string of the molecule is C#CC1CC(n2cnc3c(NC4CCc5ccccc54)nc(Cl)nc32)OC1COC(Cc1ccccc1)(C(=O)O)C(=O)O. The van der Waals surface area contributed by atoms with Gasteiger partial charge in [-0.2, -0.15) is 9.97 Å². The number of hydrogen-bond donors (Lipinski definition) is 3. The van der Waals surface area contributed by atoms with E-state index in [9.17, 15) is 19.8 Å². The van der Waals surface area contributed by atoms with Crippen molar-refractivity contribution in [3.8, 4) is 12.3 Å². The smallest absolute Gasteiger partial charge is 0.348 e. The Hall–Kier alpha value is -4.50. The zero-order chi connectivity index (χ0) is 30.1. The molecule has 4 atom stereocenters. The van der Waals surface area contributed by atoms with Crippen molar-refractivity contribution in [3.63, 3.8) is 0 Å².